The maximum atomic E-state index is 2.37. The molecule has 8 aromatic rings. The van der Waals surface area contributed by atoms with E-state index in [1.165, 1.54) is 53.2 Å². The van der Waals surface area contributed by atoms with Crippen molar-refractivity contribution in [3.63, 3.8) is 0 Å². The maximum Gasteiger partial charge on any atom is 0.0468 e. The first kappa shape index (κ1) is 24.6. The van der Waals surface area contributed by atoms with Crippen LogP contribution in [0.1, 0.15) is 0 Å². The van der Waals surface area contributed by atoms with E-state index in [9.17, 15) is 0 Å². The zero-order chi connectivity index (χ0) is 27.9. The van der Waals surface area contributed by atoms with Crippen molar-refractivity contribution in [2.24, 2.45) is 0 Å². The first-order valence-corrected chi connectivity index (χ1v) is 15.1. The van der Waals surface area contributed by atoms with E-state index in [1.807, 2.05) is 11.3 Å². The number of nitrogens with zero attached hydrogens (tertiary/aromatic N) is 1. The van der Waals surface area contributed by atoms with Crippen LogP contribution in [-0.2, 0) is 0 Å². The van der Waals surface area contributed by atoms with Gasteiger partial charge in [-0.05, 0) is 70.1 Å². The predicted molar refractivity (Wildman–Crippen MR) is 182 cm³/mol. The van der Waals surface area contributed by atoms with Crippen molar-refractivity contribution in [1.29, 1.82) is 0 Å². The van der Waals surface area contributed by atoms with Crippen LogP contribution < -0.4 is 4.90 Å². The Morgan fingerprint density at radius 3 is 1.76 bits per heavy atom. The summed E-state index contributed by atoms with van der Waals surface area (Å²) >= 11 is 1.88. The molecule has 0 saturated carbocycles. The molecule has 0 fully saturated rings. The van der Waals surface area contributed by atoms with Crippen molar-refractivity contribution in [3.8, 4) is 22.3 Å². The molecule has 0 aliphatic rings. The highest BCUT2D eigenvalue weighted by atomic mass is 32.1. The van der Waals surface area contributed by atoms with E-state index in [1.54, 1.807) is 0 Å². The van der Waals surface area contributed by atoms with Gasteiger partial charge in [0.05, 0.1) is 0 Å². The van der Waals surface area contributed by atoms with E-state index in [0.717, 1.165) is 17.1 Å². The van der Waals surface area contributed by atoms with Crippen molar-refractivity contribution in [2.75, 3.05) is 4.90 Å². The third kappa shape index (κ3) is 4.34. The molecule has 0 spiro atoms. The molecule has 2 heteroatoms. The fourth-order valence-corrected chi connectivity index (χ4v) is 7.19. The molecule has 0 aliphatic carbocycles. The minimum atomic E-state index is 1.13. The summed E-state index contributed by atoms with van der Waals surface area (Å²) < 4.78 is 2.67. The number of fused-ring (bicyclic) bond motifs is 5. The van der Waals surface area contributed by atoms with Gasteiger partial charge in [0.1, 0.15) is 0 Å². The number of benzene rings is 7. The average molecular weight is 554 g/mol. The second-order valence-electron chi connectivity index (χ2n) is 10.6. The molecule has 42 heavy (non-hydrogen) atoms. The standard InChI is InChI=1S/C40H27NS/c1-3-10-28(11-4-1)29-18-20-30(21-19-29)32-12-9-15-34(26-32)41(33-13-5-2-6-14-33)35-24-22-31-23-25-37-36-16-7-8-17-39(36)42-40(37)38(31)27-35/h1-27H. The Balaban J connectivity index is 1.25. The first-order chi connectivity index (χ1) is 20.8. The van der Waals surface area contributed by atoms with Crippen molar-refractivity contribution < 1.29 is 0 Å². The molecule has 1 nitrogen and oxygen atoms in total. The molecule has 0 N–H and O–H groups in total. The summed E-state index contributed by atoms with van der Waals surface area (Å²) in [4.78, 5) is 2.37. The quantitative estimate of drug-likeness (QED) is 0.205. The Hall–Kier alpha value is -5.18. The van der Waals surface area contributed by atoms with Crippen molar-refractivity contribution in [2.45, 2.75) is 0 Å². The van der Waals surface area contributed by atoms with Gasteiger partial charge in [0.15, 0.2) is 0 Å². The molecular weight excluding hydrogens is 527 g/mol. The summed E-state index contributed by atoms with van der Waals surface area (Å²) in [6.45, 7) is 0. The summed E-state index contributed by atoms with van der Waals surface area (Å²) in [7, 11) is 0. The van der Waals surface area contributed by atoms with Gasteiger partial charge in [0.25, 0.3) is 0 Å². The molecule has 0 aliphatic heterocycles. The SMILES string of the molecule is c1ccc(-c2ccc(-c3cccc(N(c4ccccc4)c4ccc5ccc6c7ccccc7sc6c5c4)c3)cc2)cc1. The molecule has 1 aromatic heterocycles. The van der Waals surface area contributed by atoms with Gasteiger partial charge < -0.3 is 4.90 Å². The molecule has 7 aromatic carbocycles. The molecule has 1 heterocycles. The second kappa shape index (κ2) is 10.3. The first-order valence-electron chi connectivity index (χ1n) is 14.3. The molecule has 0 amide bonds. The van der Waals surface area contributed by atoms with Crippen molar-refractivity contribution in [1.82, 2.24) is 0 Å². The van der Waals surface area contributed by atoms with Gasteiger partial charge in [-0.3, -0.25) is 0 Å². The second-order valence-corrected chi connectivity index (χ2v) is 11.7. The molecule has 0 unspecified atom stereocenters. The topological polar surface area (TPSA) is 3.24 Å². The maximum absolute atomic E-state index is 2.37. The molecule has 0 atom stereocenters. The number of para-hydroxylation sites is 1. The van der Waals surface area contributed by atoms with E-state index in [0.29, 0.717) is 0 Å². The highest BCUT2D eigenvalue weighted by molar-refractivity contribution is 7.26. The Kier molecular flexibility index (Phi) is 6.05. The molecule has 8 rings (SSSR count). The number of thiophene rings is 1. The van der Waals surface area contributed by atoms with E-state index < -0.39 is 0 Å². The minimum Gasteiger partial charge on any atom is -0.310 e. The van der Waals surface area contributed by atoms with Gasteiger partial charge >= 0.3 is 0 Å². The zero-order valence-electron chi connectivity index (χ0n) is 22.9. The van der Waals surface area contributed by atoms with E-state index >= 15 is 0 Å². The largest absolute Gasteiger partial charge is 0.310 e. The molecular formula is C40H27NS. The summed E-state index contributed by atoms with van der Waals surface area (Å²) in [5.41, 5.74) is 8.28. The molecule has 0 bridgehead atoms. The van der Waals surface area contributed by atoms with Crippen molar-refractivity contribution >= 4 is 59.3 Å². The summed E-state index contributed by atoms with van der Waals surface area (Å²) in [6.07, 6.45) is 0. The summed E-state index contributed by atoms with van der Waals surface area (Å²) in [5, 5.41) is 5.21. The Bertz CT molecular complexity index is 2180. The van der Waals surface area contributed by atoms with Gasteiger partial charge in [0.2, 0.25) is 0 Å². The lowest BCUT2D eigenvalue weighted by atomic mass is 9.99. The lowest BCUT2D eigenvalue weighted by Gasteiger charge is -2.26. The zero-order valence-corrected chi connectivity index (χ0v) is 23.8. The van der Waals surface area contributed by atoms with Gasteiger partial charge in [-0.25, -0.2) is 0 Å². The number of hydrogen-bond acceptors (Lipinski definition) is 2. The van der Waals surface area contributed by atoms with Crippen LogP contribution in [-0.4, -0.2) is 0 Å². The van der Waals surface area contributed by atoms with E-state index in [-0.39, 0.29) is 0 Å². The smallest absolute Gasteiger partial charge is 0.0468 e. The number of anilines is 3. The van der Waals surface area contributed by atoms with E-state index in [4.69, 9.17) is 0 Å². The Morgan fingerprint density at radius 2 is 0.952 bits per heavy atom. The Morgan fingerprint density at radius 1 is 0.357 bits per heavy atom. The van der Waals surface area contributed by atoms with Gasteiger partial charge in [-0.2, -0.15) is 0 Å². The third-order valence-electron chi connectivity index (χ3n) is 8.05. The number of hydrogen-bond donors (Lipinski definition) is 0. The average Bonchev–Trinajstić information content (AvgIpc) is 3.45. The fourth-order valence-electron chi connectivity index (χ4n) is 5.96. The van der Waals surface area contributed by atoms with Crippen LogP contribution in [0, 0.1) is 0 Å². The summed E-state index contributed by atoms with van der Waals surface area (Å²) in [6, 6.07) is 59.1. The lowest BCUT2D eigenvalue weighted by Crippen LogP contribution is -2.09. The van der Waals surface area contributed by atoms with Crippen LogP contribution in [0.2, 0.25) is 0 Å². The van der Waals surface area contributed by atoms with Gasteiger partial charge in [-0.15, -0.1) is 11.3 Å². The van der Waals surface area contributed by atoms with Gasteiger partial charge in [0, 0.05) is 42.6 Å². The molecule has 198 valence electrons. The minimum absolute atomic E-state index is 1.13. The predicted octanol–water partition coefficient (Wildman–Crippen LogP) is 12.0. The number of rotatable bonds is 5. The highest BCUT2D eigenvalue weighted by Gasteiger charge is 2.16. The third-order valence-corrected chi connectivity index (χ3v) is 9.27. The van der Waals surface area contributed by atoms with Gasteiger partial charge in [-0.1, -0.05) is 121 Å². The van der Waals surface area contributed by atoms with Crippen molar-refractivity contribution in [3.05, 3.63) is 164 Å². The van der Waals surface area contributed by atoms with Crippen LogP contribution in [0.15, 0.2) is 164 Å². The fraction of sp³-hybridized carbons (Fsp3) is 0. The van der Waals surface area contributed by atoms with E-state index in [2.05, 4.69) is 169 Å². The lowest BCUT2D eigenvalue weighted by molar-refractivity contribution is 1.29. The molecule has 0 saturated heterocycles. The normalized spacial score (nSPS) is 11.3. The highest BCUT2D eigenvalue weighted by Crippen LogP contribution is 2.42. The van der Waals surface area contributed by atoms with Crippen LogP contribution in [0.25, 0.3) is 53.2 Å². The van der Waals surface area contributed by atoms with Crippen LogP contribution in [0.4, 0.5) is 17.1 Å². The summed E-state index contributed by atoms with van der Waals surface area (Å²) in [5.74, 6) is 0. The van der Waals surface area contributed by atoms with Crippen LogP contribution in [0.3, 0.4) is 0 Å². The van der Waals surface area contributed by atoms with Crippen LogP contribution >= 0.6 is 11.3 Å². The molecule has 0 radical (unpaired) electrons. The Labute approximate surface area is 249 Å². The monoisotopic (exact) mass is 553 g/mol. The van der Waals surface area contributed by atoms with Crippen LogP contribution in [0.5, 0.6) is 0 Å².